The van der Waals surface area contributed by atoms with E-state index in [0.717, 1.165) is 0 Å². The van der Waals surface area contributed by atoms with E-state index in [-0.39, 0.29) is 71.5 Å². The summed E-state index contributed by atoms with van der Waals surface area (Å²) in [5.74, 6) is 0. The van der Waals surface area contributed by atoms with Crippen LogP contribution in [0.25, 0.3) is 0 Å². The first-order chi connectivity index (χ1) is 9.57. The number of aliphatic hydroxyl groups excluding tert-OH is 4. The Hall–Kier alpha value is 1.79. The zero-order valence-corrected chi connectivity index (χ0v) is 19.3. The molecular weight excluding hydrogens is 440 g/mol. The van der Waals surface area contributed by atoms with Gasteiger partial charge in [-0.1, -0.05) is 0 Å². The molecule has 0 bridgehead atoms. The van der Waals surface area contributed by atoms with Crippen LogP contribution in [0.3, 0.4) is 0 Å². The fourth-order valence-corrected chi connectivity index (χ4v) is 1.12. The summed E-state index contributed by atoms with van der Waals surface area (Å²) < 4.78 is 69.1. The molecule has 19 heteroatoms. The van der Waals surface area contributed by atoms with Gasteiger partial charge in [0, 0.05) is 0 Å². The van der Waals surface area contributed by atoms with Crippen molar-refractivity contribution in [1.82, 2.24) is 0 Å². The molecule has 1 rings (SSSR count). The second kappa shape index (κ2) is 16.7. The molecule has 1 aliphatic rings. The fourth-order valence-electron chi connectivity index (χ4n) is 1.12. The second-order valence-corrected chi connectivity index (χ2v) is 5.43. The van der Waals surface area contributed by atoms with E-state index in [1.165, 1.54) is 0 Å². The number of hydrogen-bond acceptors (Lipinski definition) is 11. The predicted molar refractivity (Wildman–Crippen MR) is 64.5 cm³/mol. The quantitative estimate of drug-likeness (QED) is 0.104. The minimum absolute atomic E-state index is 0. The van der Waals surface area contributed by atoms with Crippen molar-refractivity contribution in [2.24, 2.45) is 5.73 Å². The molecule has 14 nitrogen and oxygen atoms in total. The smallest absolute Gasteiger partial charge is 1.00 e. The number of aliphatic hydroxyl groups is 4. The molecule has 0 aromatic rings. The summed E-state index contributed by atoms with van der Waals surface area (Å²) in [6.45, 7) is -0.470. The normalized spacial score (nSPS) is 28.3. The molecule has 1 fully saturated rings. The van der Waals surface area contributed by atoms with Gasteiger partial charge in [-0.3, -0.25) is 13.7 Å². The molecule has 1 saturated heterocycles. The predicted octanol–water partition coefficient (Wildman–Crippen LogP) is -13.9. The molecule has 0 spiro atoms. The van der Waals surface area contributed by atoms with E-state index in [9.17, 15) is 10.2 Å². The van der Waals surface area contributed by atoms with Crippen molar-refractivity contribution in [3.8, 4) is 0 Å². The van der Waals surface area contributed by atoms with Crippen molar-refractivity contribution < 1.29 is 132 Å². The summed E-state index contributed by atoms with van der Waals surface area (Å²) in [5.41, 5.74) is 5.26. The molecule has 0 radical (unpaired) electrons. The Balaban J connectivity index is -0.0000000882. The van der Waals surface area contributed by atoms with Crippen LogP contribution in [0.15, 0.2) is 0 Å². The summed E-state index contributed by atoms with van der Waals surface area (Å²) in [7, 11) is -9.58. The van der Waals surface area contributed by atoms with Gasteiger partial charge >= 0.3 is 69.5 Å². The number of nitrogens with two attached hydrogens (primary N) is 1. The largest absolute Gasteiger partial charge is 1.00 e. The van der Waals surface area contributed by atoms with Gasteiger partial charge in [0.2, 0.25) is 10.4 Å². The van der Waals surface area contributed by atoms with Gasteiger partial charge in [-0.2, -0.15) is 8.42 Å². The molecule has 25 heavy (non-hydrogen) atoms. The minimum atomic E-state index is -4.92. The summed E-state index contributed by atoms with van der Waals surface area (Å²) >= 11 is 0. The monoisotopic (exact) mass is 455 g/mol. The van der Waals surface area contributed by atoms with E-state index in [0.29, 0.717) is 0 Å². The molecule has 1 aliphatic heterocycles. The minimum Gasteiger partial charge on any atom is -1.00 e. The second-order valence-electron chi connectivity index (χ2n) is 3.68. The van der Waals surface area contributed by atoms with Gasteiger partial charge in [-0.15, -0.1) is 0 Å². The molecule has 0 aromatic carbocycles. The zero-order valence-electron chi connectivity index (χ0n) is 12.9. The summed E-state index contributed by atoms with van der Waals surface area (Å²) in [6, 6.07) is -1.04. The molecular formula is C6H16ClNNa2O13S2. The summed E-state index contributed by atoms with van der Waals surface area (Å²) in [6.07, 6.45) is -4.85. The van der Waals surface area contributed by atoms with Crippen LogP contribution >= 0.6 is 0 Å². The van der Waals surface area contributed by atoms with Gasteiger partial charge in [0.25, 0.3) is 0 Å². The van der Waals surface area contributed by atoms with E-state index in [4.69, 9.17) is 55.7 Å². The van der Waals surface area contributed by atoms with E-state index in [1.54, 1.807) is 0 Å². The maximum Gasteiger partial charge on any atom is 1.00 e. The van der Waals surface area contributed by atoms with Crippen molar-refractivity contribution in [2.45, 2.75) is 30.6 Å². The van der Waals surface area contributed by atoms with Crippen molar-refractivity contribution in [2.75, 3.05) is 6.61 Å². The molecule has 1 unspecified atom stereocenters. The maximum absolute atomic E-state index is 9.20. The van der Waals surface area contributed by atoms with E-state index in [2.05, 4.69) is 0 Å². The van der Waals surface area contributed by atoms with Crippen LogP contribution < -0.4 is 77.3 Å². The number of ether oxygens (including phenoxy) is 1. The molecule has 5 atom stereocenters. The summed E-state index contributed by atoms with van der Waals surface area (Å²) in [4.78, 5) is 0. The van der Waals surface area contributed by atoms with Crippen LogP contribution in [0.5, 0.6) is 0 Å². The Bertz CT molecular complexity index is 468. The Morgan fingerprint density at radius 1 is 0.960 bits per heavy atom. The van der Waals surface area contributed by atoms with E-state index < -0.39 is 58.0 Å². The Morgan fingerprint density at radius 3 is 1.48 bits per heavy atom. The van der Waals surface area contributed by atoms with Crippen LogP contribution in [-0.4, -0.2) is 92.7 Å². The van der Waals surface area contributed by atoms with Crippen molar-refractivity contribution in [3.63, 3.8) is 0 Å². The molecule has 0 amide bonds. The van der Waals surface area contributed by atoms with Crippen LogP contribution in [0.2, 0.25) is 0 Å². The molecule has 0 aromatic heterocycles. The first kappa shape index (κ1) is 37.5. The van der Waals surface area contributed by atoms with Gasteiger partial charge in [0.05, 0.1) is 12.6 Å². The molecule has 144 valence electrons. The van der Waals surface area contributed by atoms with Crippen LogP contribution in [0.1, 0.15) is 0 Å². The average molecular weight is 456 g/mol. The van der Waals surface area contributed by atoms with Crippen LogP contribution in [0, 0.1) is 0 Å². The van der Waals surface area contributed by atoms with Crippen molar-refractivity contribution in [1.29, 1.82) is 0 Å². The molecule has 9 N–H and O–H groups in total. The molecule has 0 aliphatic carbocycles. The summed E-state index contributed by atoms with van der Waals surface area (Å²) in [5, 5.41) is 36.1. The first-order valence-corrected chi connectivity index (χ1v) is 7.78. The molecule has 0 saturated carbocycles. The van der Waals surface area contributed by atoms with Gasteiger partial charge in [-0.25, -0.2) is 8.42 Å². The van der Waals surface area contributed by atoms with Crippen LogP contribution in [-0.2, 0) is 25.5 Å². The SMILES string of the molecule is N[C@H]1C(O)O[C@H](CO)[C@@H](O)[C@@H]1O.O=S(=O)(O)O.O=S(=O)([O-])O.[Cl-].[Na+].[Na+]. The maximum atomic E-state index is 9.20. The third-order valence-electron chi connectivity index (χ3n) is 1.95. The van der Waals surface area contributed by atoms with Crippen molar-refractivity contribution in [3.05, 3.63) is 0 Å². The van der Waals surface area contributed by atoms with E-state index >= 15 is 0 Å². The Kier molecular flexibility index (Phi) is 25.1. The standard InChI is InChI=1S/C6H13NO5.ClH.2Na.2H2O4S/c7-3-5(10)4(9)2(1-8)12-6(3)11;;;;2*1-5(2,3)4/h2-6,8-11H,1,7H2;1H;;;2*(H2,1,2,3,4)/q;;2*+1;;/p-2/t2-,3-,4-,5-,6?;;;;;/m1...../s1. The topological polar surface area (TPSA) is 268 Å². The zero-order chi connectivity index (χ0) is 18.3. The van der Waals surface area contributed by atoms with Crippen molar-refractivity contribution >= 4 is 20.8 Å². The first-order valence-electron chi connectivity index (χ1n) is 5.02. The Morgan fingerprint density at radius 2 is 1.24 bits per heavy atom. The van der Waals surface area contributed by atoms with E-state index in [1.807, 2.05) is 0 Å². The third kappa shape index (κ3) is 25.8. The van der Waals surface area contributed by atoms with Gasteiger partial charge < -0.3 is 47.9 Å². The van der Waals surface area contributed by atoms with Crippen LogP contribution in [0.4, 0.5) is 0 Å². The van der Waals surface area contributed by atoms with Gasteiger partial charge in [-0.05, 0) is 0 Å². The fraction of sp³-hybridized carbons (Fsp3) is 1.00. The molecule has 1 heterocycles. The van der Waals surface area contributed by atoms with Gasteiger partial charge in [0.15, 0.2) is 6.29 Å². The third-order valence-corrected chi connectivity index (χ3v) is 1.95. The Labute approximate surface area is 193 Å². The number of rotatable bonds is 1. The van der Waals surface area contributed by atoms with Gasteiger partial charge in [0.1, 0.15) is 18.3 Å². The number of hydrogen-bond donors (Lipinski definition) is 8. The average Bonchev–Trinajstić information content (AvgIpc) is 2.27. The number of halogens is 1.